The fourth-order valence-corrected chi connectivity index (χ4v) is 10.2. The van der Waals surface area contributed by atoms with Crippen LogP contribution in [0.15, 0.2) is 24.3 Å². The number of quaternary nitrogens is 1. The van der Waals surface area contributed by atoms with Crippen molar-refractivity contribution >= 4 is 13.7 Å². The molecule has 0 heterocycles. The minimum Gasteiger partial charge on any atom is -0.756 e. The van der Waals surface area contributed by atoms with Crippen LogP contribution < -0.4 is 10.2 Å². The van der Waals surface area contributed by atoms with E-state index < -0.39 is 20.0 Å². The maximum Gasteiger partial charge on any atom is 0.268 e. The van der Waals surface area contributed by atoms with E-state index in [1.165, 1.54) is 257 Å². The minimum absolute atomic E-state index is 0.00146. The number of unbranched alkanes of at least 4 members (excludes halogenated alkanes) is 43. The second-order valence-corrected chi connectivity index (χ2v) is 24.2. The Kier molecular flexibility index (Phi) is 53.0. The summed E-state index contributed by atoms with van der Waals surface area (Å²) in [6.07, 6.45) is 68.8. The highest BCUT2D eigenvalue weighted by molar-refractivity contribution is 7.45. The van der Waals surface area contributed by atoms with Crippen LogP contribution in [0.3, 0.4) is 0 Å². The number of phosphoric acid groups is 1. The van der Waals surface area contributed by atoms with Gasteiger partial charge in [0, 0.05) is 6.42 Å². The van der Waals surface area contributed by atoms with E-state index in [9.17, 15) is 19.4 Å². The average molecular weight is 1020 g/mol. The molecule has 3 unspecified atom stereocenters. The van der Waals surface area contributed by atoms with Crippen molar-refractivity contribution in [2.75, 3.05) is 40.9 Å². The third-order valence-corrected chi connectivity index (χ3v) is 15.4. The maximum absolute atomic E-state index is 12.9. The van der Waals surface area contributed by atoms with Crippen molar-refractivity contribution in [3.05, 3.63) is 24.3 Å². The van der Waals surface area contributed by atoms with Crippen LogP contribution in [0.5, 0.6) is 0 Å². The highest BCUT2D eigenvalue weighted by Crippen LogP contribution is 2.38. The fourth-order valence-electron chi connectivity index (χ4n) is 9.50. The number of likely N-dealkylation sites (N-methyl/N-ethyl adjacent to an activating group) is 1. The lowest BCUT2D eigenvalue weighted by molar-refractivity contribution is -0.870. The third kappa shape index (κ3) is 56.5. The van der Waals surface area contributed by atoms with E-state index in [1.54, 1.807) is 6.08 Å². The molecule has 0 aliphatic rings. The number of nitrogens with zero attached hydrogens (tertiary/aromatic N) is 1. The summed E-state index contributed by atoms with van der Waals surface area (Å²) in [5.41, 5.74) is 0. The number of aliphatic hydroxyl groups excluding tert-OH is 1. The molecule has 71 heavy (non-hydrogen) atoms. The molecule has 3 atom stereocenters. The smallest absolute Gasteiger partial charge is 0.268 e. The van der Waals surface area contributed by atoms with Crippen molar-refractivity contribution in [1.29, 1.82) is 0 Å². The molecule has 0 bridgehead atoms. The molecule has 0 rings (SSSR count). The van der Waals surface area contributed by atoms with Gasteiger partial charge in [-0.05, 0) is 44.9 Å². The highest BCUT2D eigenvalue weighted by atomic mass is 31.2. The molecule has 422 valence electrons. The Bertz CT molecular complexity index is 1210. The van der Waals surface area contributed by atoms with Gasteiger partial charge in [-0.3, -0.25) is 9.36 Å². The molecule has 0 saturated heterocycles. The van der Waals surface area contributed by atoms with Crippen molar-refractivity contribution < 1.29 is 32.9 Å². The summed E-state index contributed by atoms with van der Waals surface area (Å²) in [4.78, 5) is 25.4. The number of aliphatic hydroxyl groups is 1. The van der Waals surface area contributed by atoms with Gasteiger partial charge < -0.3 is 28.8 Å². The summed E-state index contributed by atoms with van der Waals surface area (Å²) in [7, 11) is 1.27. The standard InChI is InChI=1S/C62H123N2O6P/c1-6-8-10-12-14-16-18-19-20-21-22-23-24-25-26-27-28-29-30-31-32-33-34-35-36-37-38-39-40-41-42-43-44-45-46-48-50-52-54-56-62(66)63-60(59-70-71(67,68)69-58-57-64(3,4)5)61(65)55-53-51-49-47-17-15-13-11-9-7-2/h21-22,53,55,60-61,65H,6-20,23-52,54,56-59H2,1-5H3,(H-,63,66,67,68)/b22-21-,55-53+. The molecular weight excluding hydrogens is 900 g/mol. The largest absolute Gasteiger partial charge is 0.756 e. The zero-order valence-electron chi connectivity index (χ0n) is 48.2. The first-order chi connectivity index (χ1) is 34.5. The van der Waals surface area contributed by atoms with Gasteiger partial charge in [-0.25, -0.2) is 0 Å². The van der Waals surface area contributed by atoms with E-state index in [2.05, 4.69) is 31.3 Å². The van der Waals surface area contributed by atoms with Gasteiger partial charge in [0.2, 0.25) is 5.91 Å². The number of carbonyl (C=O) groups excluding carboxylic acids is 1. The van der Waals surface area contributed by atoms with E-state index in [-0.39, 0.29) is 19.1 Å². The number of carbonyl (C=O) groups is 1. The predicted octanol–water partition coefficient (Wildman–Crippen LogP) is 18.5. The second kappa shape index (κ2) is 53.8. The Morgan fingerprint density at radius 3 is 1.10 bits per heavy atom. The SMILES string of the molecule is CCCCCCCCCC/C=C\CCCCCCCCCCCCCCCCCCCCCCCCCCCCCC(=O)NC(COP(=O)([O-])OCC[N+](C)(C)C)C(O)/C=C/CCCCCCCCCC. The molecule has 0 saturated carbocycles. The Hall–Kier alpha value is -1.02. The van der Waals surface area contributed by atoms with Gasteiger partial charge in [0.25, 0.3) is 7.82 Å². The summed E-state index contributed by atoms with van der Waals surface area (Å²) in [5.74, 6) is -0.193. The lowest BCUT2D eigenvalue weighted by Gasteiger charge is -2.29. The van der Waals surface area contributed by atoms with E-state index in [0.717, 1.165) is 38.5 Å². The van der Waals surface area contributed by atoms with Crippen molar-refractivity contribution in [2.45, 2.75) is 328 Å². The number of hydrogen-bond acceptors (Lipinski definition) is 6. The molecule has 0 aromatic rings. The second-order valence-electron chi connectivity index (χ2n) is 22.8. The van der Waals surface area contributed by atoms with Crippen LogP contribution in [0.1, 0.15) is 316 Å². The highest BCUT2D eigenvalue weighted by Gasteiger charge is 2.23. The average Bonchev–Trinajstić information content (AvgIpc) is 3.33. The van der Waals surface area contributed by atoms with Gasteiger partial charge in [0.05, 0.1) is 39.9 Å². The van der Waals surface area contributed by atoms with Crippen molar-refractivity contribution in [3.63, 3.8) is 0 Å². The minimum atomic E-state index is -4.59. The summed E-state index contributed by atoms with van der Waals surface area (Å²) in [6, 6.07) is -0.881. The lowest BCUT2D eigenvalue weighted by Crippen LogP contribution is -2.45. The Morgan fingerprint density at radius 1 is 0.479 bits per heavy atom. The number of rotatable bonds is 58. The number of nitrogens with one attached hydrogen (secondary N) is 1. The predicted molar refractivity (Wildman–Crippen MR) is 307 cm³/mol. The Labute approximate surface area is 443 Å². The van der Waals surface area contributed by atoms with E-state index >= 15 is 0 Å². The van der Waals surface area contributed by atoms with Crippen molar-refractivity contribution in [3.8, 4) is 0 Å². The summed E-state index contributed by atoms with van der Waals surface area (Å²) in [5, 5.41) is 13.8. The molecule has 0 aliphatic heterocycles. The zero-order valence-corrected chi connectivity index (χ0v) is 49.1. The van der Waals surface area contributed by atoms with Gasteiger partial charge in [0.1, 0.15) is 13.2 Å². The van der Waals surface area contributed by atoms with E-state index in [1.807, 2.05) is 27.2 Å². The van der Waals surface area contributed by atoms with Gasteiger partial charge in [0.15, 0.2) is 0 Å². The molecular formula is C62H123N2O6P. The summed E-state index contributed by atoms with van der Waals surface area (Å²) < 4.78 is 23.3. The maximum atomic E-state index is 12.9. The molecule has 1 amide bonds. The molecule has 0 aromatic carbocycles. The van der Waals surface area contributed by atoms with E-state index in [0.29, 0.717) is 17.4 Å². The van der Waals surface area contributed by atoms with Gasteiger partial charge in [-0.1, -0.05) is 289 Å². The summed E-state index contributed by atoms with van der Waals surface area (Å²) >= 11 is 0. The van der Waals surface area contributed by atoms with Gasteiger partial charge in [-0.2, -0.15) is 0 Å². The monoisotopic (exact) mass is 1020 g/mol. The molecule has 0 aromatic heterocycles. The molecule has 0 fully saturated rings. The van der Waals surface area contributed by atoms with Crippen LogP contribution in [-0.2, 0) is 18.4 Å². The van der Waals surface area contributed by atoms with Crippen LogP contribution in [0.4, 0.5) is 0 Å². The molecule has 2 N–H and O–H groups in total. The zero-order chi connectivity index (χ0) is 52.0. The van der Waals surface area contributed by atoms with Crippen molar-refractivity contribution in [2.24, 2.45) is 0 Å². The lowest BCUT2D eigenvalue weighted by atomic mass is 10.0. The molecule has 0 radical (unpaired) electrons. The number of allylic oxidation sites excluding steroid dienone is 3. The molecule has 8 nitrogen and oxygen atoms in total. The topological polar surface area (TPSA) is 108 Å². The Balaban J connectivity index is 3.78. The van der Waals surface area contributed by atoms with Crippen LogP contribution in [0, 0.1) is 0 Å². The number of amides is 1. The van der Waals surface area contributed by atoms with E-state index in [4.69, 9.17) is 9.05 Å². The van der Waals surface area contributed by atoms with Gasteiger partial charge in [-0.15, -0.1) is 0 Å². The van der Waals surface area contributed by atoms with Crippen LogP contribution >= 0.6 is 7.82 Å². The van der Waals surface area contributed by atoms with Crippen LogP contribution in [0.25, 0.3) is 0 Å². The van der Waals surface area contributed by atoms with Crippen LogP contribution in [0.2, 0.25) is 0 Å². The first-order valence-electron chi connectivity index (χ1n) is 31.2. The first-order valence-corrected chi connectivity index (χ1v) is 32.7. The Morgan fingerprint density at radius 2 is 0.775 bits per heavy atom. The van der Waals surface area contributed by atoms with Crippen molar-refractivity contribution in [1.82, 2.24) is 5.32 Å². The first kappa shape index (κ1) is 70.0. The molecule has 0 aliphatic carbocycles. The quantitative estimate of drug-likeness (QED) is 0.0272. The third-order valence-electron chi connectivity index (χ3n) is 14.4. The molecule has 0 spiro atoms. The normalized spacial score (nSPS) is 14.0. The summed E-state index contributed by atoms with van der Waals surface area (Å²) in [6.45, 7) is 4.65. The molecule has 9 heteroatoms. The fraction of sp³-hybridized carbons (Fsp3) is 0.919. The van der Waals surface area contributed by atoms with Gasteiger partial charge >= 0.3 is 0 Å². The van der Waals surface area contributed by atoms with Crippen LogP contribution in [-0.4, -0.2) is 68.5 Å². The number of hydrogen-bond donors (Lipinski definition) is 2. The number of phosphoric ester groups is 1.